The summed E-state index contributed by atoms with van der Waals surface area (Å²) in [6.45, 7) is 0.254. The predicted octanol–water partition coefficient (Wildman–Crippen LogP) is 4.10. The molecule has 0 saturated heterocycles. The van der Waals surface area contributed by atoms with Crippen molar-refractivity contribution in [2.24, 2.45) is 5.11 Å². The maximum Gasteiger partial charge on any atom is 0.339 e. The van der Waals surface area contributed by atoms with Crippen molar-refractivity contribution >= 4 is 22.8 Å². The Morgan fingerprint density at radius 2 is 1.71 bits per heavy atom. The molecule has 3 rings (SSSR count). The van der Waals surface area contributed by atoms with Crippen LogP contribution in [0.4, 0.5) is 5.69 Å². The topological polar surface area (TPSA) is 75.1 Å². The van der Waals surface area contributed by atoms with E-state index in [1.165, 1.54) is 0 Å². The molecule has 0 fully saturated rings. The molecule has 2 aromatic rings. The second-order valence-corrected chi connectivity index (χ2v) is 4.53. The summed E-state index contributed by atoms with van der Waals surface area (Å²) in [7, 11) is 0. The highest BCUT2D eigenvalue weighted by atomic mass is 16.5. The van der Waals surface area contributed by atoms with Crippen LogP contribution < -0.4 is 0 Å². The third kappa shape index (κ3) is 2.50. The van der Waals surface area contributed by atoms with Gasteiger partial charge in [-0.15, -0.1) is 0 Å². The molecule has 0 radical (unpaired) electrons. The van der Waals surface area contributed by atoms with Crippen molar-refractivity contribution < 1.29 is 9.53 Å². The fraction of sp³-hybridized carbons (Fsp3) is 0.0625. The van der Waals surface area contributed by atoms with E-state index in [9.17, 15) is 4.79 Å². The van der Waals surface area contributed by atoms with Crippen molar-refractivity contribution in [3.63, 3.8) is 0 Å². The first-order valence-electron chi connectivity index (χ1n) is 6.41. The van der Waals surface area contributed by atoms with Crippen LogP contribution in [0.15, 0.2) is 59.7 Å². The molecule has 0 aromatic heterocycles. The third-order valence-corrected chi connectivity index (χ3v) is 3.29. The number of esters is 1. The van der Waals surface area contributed by atoms with Gasteiger partial charge in [0.25, 0.3) is 0 Å². The van der Waals surface area contributed by atoms with Crippen LogP contribution in [-0.4, -0.2) is 12.6 Å². The van der Waals surface area contributed by atoms with Crippen LogP contribution in [-0.2, 0) is 9.53 Å². The number of hydrogen-bond donors (Lipinski definition) is 0. The van der Waals surface area contributed by atoms with Crippen LogP contribution in [0, 0.1) is 0 Å². The predicted molar refractivity (Wildman–Crippen MR) is 79.5 cm³/mol. The number of rotatable bonds is 3. The summed E-state index contributed by atoms with van der Waals surface area (Å²) in [4.78, 5) is 14.7. The van der Waals surface area contributed by atoms with Crippen LogP contribution in [0.2, 0.25) is 0 Å². The zero-order valence-corrected chi connectivity index (χ0v) is 11.1. The van der Waals surface area contributed by atoms with E-state index < -0.39 is 0 Å². The molecule has 0 bridgehead atoms. The van der Waals surface area contributed by atoms with Gasteiger partial charge in [-0.2, -0.15) is 0 Å². The number of ether oxygens (including phenoxy) is 1. The van der Waals surface area contributed by atoms with Crippen molar-refractivity contribution in [2.75, 3.05) is 6.61 Å². The highest BCUT2D eigenvalue weighted by Gasteiger charge is 2.26. The standard InChI is InChI=1S/C16H11N3O2/c17-19-18-13-8-6-11(7-9-13)14-10-21-16(20)15(14)12-4-2-1-3-5-12/h1-9H,10H2. The van der Waals surface area contributed by atoms with Crippen LogP contribution in [0.25, 0.3) is 21.6 Å². The van der Waals surface area contributed by atoms with Gasteiger partial charge in [-0.3, -0.25) is 0 Å². The van der Waals surface area contributed by atoms with Crippen molar-refractivity contribution in [2.45, 2.75) is 0 Å². The van der Waals surface area contributed by atoms with Gasteiger partial charge in [0.05, 0.1) is 5.57 Å². The smallest absolute Gasteiger partial charge is 0.339 e. The van der Waals surface area contributed by atoms with E-state index >= 15 is 0 Å². The maximum absolute atomic E-state index is 12.0. The lowest BCUT2D eigenvalue weighted by Crippen LogP contribution is -1.98. The molecule has 1 aliphatic rings. The fourth-order valence-electron chi connectivity index (χ4n) is 2.31. The summed E-state index contributed by atoms with van der Waals surface area (Å²) >= 11 is 0. The lowest BCUT2D eigenvalue weighted by Gasteiger charge is -2.04. The molecule has 2 aromatic carbocycles. The third-order valence-electron chi connectivity index (χ3n) is 3.29. The van der Waals surface area contributed by atoms with Crippen LogP contribution in [0.1, 0.15) is 11.1 Å². The van der Waals surface area contributed by atoms with Gasteiger partial charge in [0.1, 0.15) is 6.61 Å². The van der Waals surface area contributed by atoms with Crippen molar-refractivity contribution in [1.82, 2.24) is 0 Å². The minimum absolute atomic E-state index is 0.254. The average Bonchev–Trinajstić information content (AvgIpc) is 2.91. The molecule has 5 heteroatoms. The van der Waals surface area contributed by atoms with Gasteiger partial charge in [-0.1, -0.05) is 59.7 Å². The van der Waals surface area contributed by atoms with Gasteiger partial charge in [0.2, 0.25) is 0 Å². The maximum atomic E-state index is 12.0. The van der Waals surface area contributed by atoms with Gasteiger partial charge >= 0.3 is 5.97 Å². The Hall–Kier alpha value is -3.04. The minimum Gasteiger partial charge on any atom is -0.457 e. The second-order valence-electron chi connectivity index (χ2n) is 4.53. The quantitative estimate of drug-likeness (QED) is 0.366. The zero-order valence-electron chi connectivity index (χ0n) is 11.1. The molecular weight excluding hydrogens is 266 g/mol. The normalized spacial score (nSPS) is 13.8. The summed E-state index contributed by atoms with van der Waals surface area (Å²) in [6, 6.07) is 16.5. The molecule has 1 heterocycles. The van der Waals surface area contributed by atoms with E-state index in [4.69, 9.17) is 10.3 Å². The minimum atomic E-state index is -0.310. The zero-order chi connectivity index (χ0) is 14.7. The Morgan fingerprint density at radius 1 is 1.00 bits per heavy atom. The van der Waals surface area contributed by atoms with Crippen molar-refractivity contribution in [1.29, 1.82) is 0 Å². The average molecular weight is 277 g/mol. The number of benzene rings is 2. The molecule has 102 valence electrons. The molecule has 0 N–H and O–H groups in total. The molecule has 1 aliphatic heterocycles. The SMILES string of the molecule is [N-]=[N+]=Nc1ccc(C2=C(c3ccccc3)C(=O)OC2)cc1. The number of hydrogen-bond acceptors (Lipinski definition) is 3. The first-order valence-corrected chi connectivity index (χ1v) is 6.41. The number of carbonyl (C=O) groups excluding carboxylic acids is 1. The summed E-state index contributed by atoms with van der Waals surface area (Å²) in [5, 5.41) is 3.53. The molecule has 21 heavy (non-hydrogen) atoms. The summed E-state index contributed by atoms with van der Waals surface area (Å²) in [6.07, 6.45) is 0. The monoisotopic (exact) mass is 277 g/mol. The first kappa shape index (κ1) is 13.0. The lowest BCUT2D eigenvalue weighted by molar-refractivity contribution is -0.133. The van der Waals surface area contributed by atoms with E-state index in [1.54, 1.807) is 12.1 Å². The summed E-state index contributed by atoms with van der Waals surface area (Å²) in [5.74, 6) is -0.310. The molecule has 0 atom stereocenters. The number of nitrogens with zero attached hydrogens (tertiary/aromatic N) is 3. The van der Waals surface area contributed by atoms with E-state index in [0.29, 0.717) is 11.3 Å². The molecule has 0 unspecified atom stereocenters. The molecular formula is C16H11N3O2. The van der Waals surface area contributed by atoms with Gasteiger partial charge in [-0.25, -0.2) is 4.79 Å². The Labute approximate surface area is 121 Å². The van der Waals surface area contributed by atoms with E-state index in [0.717, 1.165) is 16.7 Å². The van der Waals surface area contributed by atoms with Crippen LogP contribution >= 0.6 is 0 Å². The number of cyclic esters (lactones) is 1. The van der Waals surface area contributed by atoms with E-state index in [2.05, 4.69) is 10.0 Å². The molecule has 0 spiro atoms. The number of carbonyl (C=O) groups is 1. The van der Waals surface area contributed by atoms with Crippen molar-refractivity contribution in [3.05, 3.63) is 76.2 Å². The summed E-state index contributed by atoms with van der Waals surface area (Å²) < 4.78 is 5.17. The van der Waals surface area contributed by atoms with Gasteiger partial charge in [-0.05, 0) is 16.7 Å². The Balaban J connectivity index is 2.08. The van der Waals surface area contributed by atoms with Crippen molar-refractivity contribution in [3.8, 4) is 0 Å². The van der Waals surface area contributed by atoms with Crippen LogP contribution in [0.5, 0.6) is 0 Å². The molecule has 0 aliphatic carbocycles. The van der Waals surface area contributed by atoms with Gasteiger partial charge < -0.3 is 4.74 Å². The first-order chi connectivity index (χ1) is 10.3. The fourth-order valence-corrected chi connectivity index (χ4v) is 2.31. The highest BCUT2D eigenvalue weighted by Crippen LogP contribution is 2.33. The Bertz CT molecular complexity index is 758. The second kappa shape index (κ2) is 5.53. The highest BCUT2D eigenvalue weighted by molar-refractivity contribution is 6.27. The Kier molecular flexibility index (Phi) is 3.41. The Morgan fingerprint density at radius 3 is 2.38 bits per heavy atom. The number of azide groups is 1. The van der Waals surface area contributed by atoms with E-state index in [-0.39, 0.29) is 12.6 Å². The largest absolute Gasteiger partial charge is 0.457 e. The molecule has 0 saturated carbocycles. The lowest BCUT2D eigenvalue weighted by atomic mass is 9.97. The van der Waals surface area contributed by atoms with Gasteiger partial charge in [0, 0.05) is 16.2 Å². The molecule has 5 nitrogen and oxygen atoms in total. The summed E-state index contributed by atoms with van der Waals surface area (Å²) in [5.41, 5.74) is 12.1. The van der Waals surface area contributed by atoms with Crippen LogP contribution in [0.3, 0.4) is 0 Å². The van der Waals surface area contributed by atoms with E-state index in [1.807, 2.05) is 42.5 Å². The van der Waals surface area contributed by atoms with Gasteiger partial charge in [0.15, 0.2) is 0 Å². The molecule has 0 amide bonds.